The van der Waals surface area contributed by atoms with E-state index < -0.39 is 5.60 Å². The highest BCUT2D eigenvalue weighted by molar-refractivity contribution is 6.30. The van der Waals surface area contributed by atoms with Crippen molar-refractivity contribution in [2.24, 2.45) is 0 Å². The Hall–Kier alpha value is -1.54. The number of aliphatic hydroxyl groups is 1. The molecule has 1 aliphatic heterocycles. The molecule has 3 atom stereocenters. The fourth-order valence-corrected chi connectivity index (χ4v) is 3.51. The molecule has 4 nitrogen and oxygen atoms in total. The van der Waals surface area contributed by atoms with Gasteiger partial charge in [-0.05, 0) is 50.3 Å². The minimum Gasteiger partial charge on any atom is -0.378 e. The Morgan fingerprint density at radius 1 is 1.38 bits per heavy atom. The Labute approximate surface area is 147 Å². The highest BCUT2D eigenvalue weighted by Crippen LogP contribution is 2.28. The van der Waals surface area contributed by atoms with Crippen LogP contribution in [0.3, 0.4) is 0 Å². The van der Waals surface area contributed by atoms with Crippen molar-refractivity contribution in [3.05, 3.63) is 34.9 Å². The minimum absolute atomic E-state index is 0.0610. The molecule has 0 spiro atoms. The molecule has 1 saturated heterocycles. The molecule has 1 aromatic carbocycles. The van der Waals surface area contributed by atoms with Crippen molar-refractivity contribution in [2.75, 3.05) is 6.61 Å². The fourth-order valence-electron chi connectivity index (χ4n) is 3.32. The zero-order valence-electron chi connectivity index (χ0n) is 13.6. The summed E-state index contributed by atoms with van der Waals surface area (Å²) in [4.78, 5) is 12.2. The third-order valence-corrected chi connectivity index (χ3v) is 4.79. The standard InChI is InChI=1S/C19H22ClNO3/c20-15-5-1-4-14(12-15)8-10-19(23)9-2-6-16(13-19)21-18(22)17-7-3-11-24-17/h1,4-5,12,16-17,23H,2-3,6-7,9,11,13H2,(H,21,22)/t16-,17?,19+/m1/s1. The lowest BCUT2D eigenvalue weighted by Crippen LogP contribution is -2.47. The van der Waals surface area contributed by atoms with Crippen molar-refractivity contribution in [3.8, 4) is 11.8 Å². The van der Waals surface area contributed by atoms with Crippen LogP contribution in [0, 0.1) is 11.8 Å². The summed E-state index contributed by atoms with van der Waals surface area (Å²) >= 11 is 5.95. The van der Waals surface area contributed by atoms with Gasteiger partial charge >= 0.3 is 0 Å². The van der Waals surface area contributed by atoms with Crippen molar-refractivity contribution in [1.29, 1.82) is 0 Å². The van der Waals surface area contributed by atoms with Crippen molar-refractivity contribution < 1.29 is 14.6 Å². The van der Waals surface area contributed by atoms with Crippen LogP contribution in [0.5, 0.6) is 0 Å². The number of carbonyl (C=O) groups is 1. The van der Waals surface area contributed by atoms with Gasteiger partial charge in [0, 0.05) is 29.7 Å². The molecular formula is C19H22ClNO3. The van der Waals surface area contributed by atoms with Gasteiger partial charge in [0.25, 0.3) is 0 Å². The van der Waals surface area contributed by atoms with Gasteiger partial charge in [-0.2, -0.15) is 0 Å². The highest BCUT2D eigenvalue weighted by atomic mass is 35.5. The second-order valence-corrected chi connectivity index (χ2v) is 7.03. The lowest BCUT2D eigenvalue weighted by atomic mass is 9.82. The third kappa shape index (κ3) is 4.51. The molecule has 0 bridgehead atoms. The van der Waals surface area contributed by atoms with Gasteiger partial charge in [0.2, 0.25) is 5.91 Å². The molecule has 1 heterocycles. The molecule has 1 aliphatic carbocycles. The monoisotopic (exact) mass is 347 g/mol. The molecule has 0 aromatic heterocycles. The van der Waals surface area contributed by atoms with Gasteiger partial charge in [-0.15, -0.1) is 0 Å². The first kappa shape index (κ1) is 17.3. The van der Waals surface area contributed by atoms with Gasteiger partial charge in [-0.25, -0.2) is 0 Å². The topological polar surface area (TPSA) is 58.6 Å². The molecule has 3 rings (SSSR count). The average molecular weight is 348 g/mol. The maximum Gasteiger partial charge on any atom is 0.249 e. The second-order valence-electron chi connectivity index (χ2n) is 6.60. The van der Waals surface area contributed by atoms with E-state index in [0.717, 1.165) is 31.2 Å². The van der Waals surface area contributed by atoms with Crippen LogP contribution in [0.2, 0.25) is 5.02 Å². The molecule has 1 aromatic rings. The van der Waals surface area contributed by atoms with E-state index in [1.54, 1.807) is 12.1 Å². The molecule has 2 N–H and O–H groups in total. The molecule has 1 saturated carbocycles. The van der Waals surface area contributed by atoms with Crippen molar-refractivity contribution in [1.82, 2.24) is 5.32 Å². The van der Waals surface area contributed by atoms with E-state index >= 15 is 0 Å². The van der Waals surface area contributed by atoms with Gasteiger partial charge in [0.1, 0.15) is 11.7 Å². The van der Waals surface area contributed by atoms with Crippen LogP contribution >= 0.6 is 11.6 Å². The van der Waals surface area contributed by atoms with Gasteiger partial charge in [0.05, 0.1) is 0 Å². The normalized spacial score (nSPS) is 29.6. The van der Waals surface area contributed by atoms with E-state index in [1.165, 1.54) is 0 Å². The zero-order valence-corrected chi connectivity index (χ0v) is 14.3. The summed E-state index contributed by atoms with van der Waals surface area (Å²) < 4.78 is 5.41. The molecule has 0 radical (unpaired) electrons. The second kappa shape index (κ2) is 7.57. The fraction of sp³-hybridized carbons (Fsp3) is 0.526. The molecule has 2 aliphatic rings. The Morgan fingerprint density at radius 3 is 3.00 bits per heavy atom. The molecule has 128 valence electrons. The quantitative estimate of drug-likeness (QED) is 0.809. The smallest absolute Gasteiger partial charge is 0.249 e. The number of nitrogens with one attached hydrogen (secondary N) is 1. The number of hydrogen-bond donors (Lipinski definition) is 2. The zero-order chi connectivity index (χ0) is 17.0. The average Bonchev–Trinajstić information content (AvgIpc) is 3.08. The van der Waals surface area contributed by atoms with Crippen molar-refractivity contribution >= 4 is 17.5 Å². The van der Waals surface area contributed by atoms with Crippen LogP contribution < -0.4 is 5.32 Å². The first-order valence-electron chi connectivity index (χ1n) is 8.47. The number of halogens is 1. The third-order valence-electron chi connectivity index (χ3n) is 4.56. The summed E-state index contributed by atoms with van der Waals surface area (Å²) in [6, 6.07) is 7.20. The Bertz CT molecular complexity index is 660. The lowest BCUT2D eigenvalue weighted by Gasteiger charge is -2.33. The molecule has 5 heteroatoms. The number of carbonyl (C=O) groups excluding carboxylic acids is 1. The minimum atomic E-state index is -1.07. The number of rotatable bonds is 2. The molecule has 24 heavy (non-hydrogen) atoms. The summed E-state index contributed by atoms with van der Waals surface area (Å²) in [6.07, 6.45) is 4.12. The van der Waals surface area contributed by atoms with Gasteiger partial charge < -0.3 is 15.2 Å². The van der Waals surface area contributed by atoms with Crippen molar-refractivity contribution in [2.45, 2.75) is 56.3 Å². The molecule has 2 fully saturated rings. The van der Waals surface area contributed by atoms with E-state index in [4.69, 9.17) is 16.3 Å². The summed E-state index contributed by atoms with van der Waals surface area (Å²) in [7, 11) is 0. The Balaban J connectivity index is 1.62. The first-order valence-corrected chi connectivity index (χ1v) is 8.85. The Morgan fingerprint density at radius 2 is 2.25 bits per heavy atom. The summed E-state index contributed by atoms with van der Waals surface area (Å²) in [6.45, 7) is 0.651. The van der Waals surface area contributed by atoms with E-state index in [2.05, 4.69) is 17.2 Å². The number of ether oxygens (including phenoxy) is 1. The predicted molar refractivity (Wildman–Crippen MR) is 92.7 cm³/mol. The summed E-state index contributed by atoms with van der Waals surface area (Å²) in [5, 5.41) is 14.4. The maximum absolute atomic E-state index is 12.2. The Kier molecular flexibility index (Phi) is 5.45. The van der Waals surface area contributed by atoms with E-state index in [9.17, 15) is 9.90 Å². The number of benzene rings is 1. The first-order chi connectivity index (χ1) is 11.5. The van der Waals surface area contributed by atoms with Crippen LogP contribution in [-0.4, -0.2) is 35.4 Å². The highest BCUT2D eigenvalue weighted by Gasteiger charge is 2.35. The SMILES string of the molecule is O=C(N[C@@H]1CCC[C@](O)(C#Cc2cccc(Cl)c2)C1)C1CCCO1. The van der Waals surface area contributed by atoms with Gasteiger partial charge in [-0.3, -0.25) is 4.79 Å². The van der Waals surface area contributed by atoms with E-state index in [0.29, 0.717) is 24.5 Å². The van der Waals surface area contributed by atoms with Gasteiger partial charge in [-0.1, -0.05) is 29.5 Å². The predicted octanol–water partition coefficient (Wildman–Crippen LogP) is 2.66. The molecular weight excluding hydrogens is 326 g/mol. The van der Waals surface area contributed by atoms with Gasteiger partial charge in [0.15, 0.2) is 0 Å². The van der Waals surface area contributed by atoms with E-state index in [1.807, 2.05) is 12.1 Å². The van der Waals surface area contributed by atoms with Crippen molar-refractivity contribution in [3.63, 3.8) is 0 Å². The van der Waals surface area contributed by atoms with Crippen LogP contribution in [0.25, 0.3) is 0 Å². The van der Waals surface area contributed by atoms with Crippen LogP contribution in [0.4, 0.5) is 0 Å². The van der Waals surface area contributed by atoms with E-state index in [-0.39, 0.29) is 18.1 Å². The summed E-state index contributed by atoms with van der Waals surface area (Å²) in [5.41, 5.74) is -0.295. The molecule has 1 amide bonds. The maximum atomic E-state index is 12.2. The largest absolute Gasteiger partial charge is 0.378 e. The number of amides is 1. The molecule has 1 unspecified atom stereocenters. The summed E-state index contributed by atoms with van der Waals surface area (Å²) in [5.74, 6) is 5.92. The lowest BCUT2D eigenvalue weighted by molar-refractivity contribution is -0.131. The van der Waals surface area contributed by atoms with Crippen LogP contribution in [0.1, 0.15) is 44.1 Å². The number of hydrogen-bond acceptors (Lipinski definition) is 3. The van der Waals surface area contributed by atoms with Crippen LogP contribution in [-0.2, 0) is 9.53 Å². The van der Waals surface area contributed by atoms with Crippen LogP contribution in [0.15, 0.2) is 24.3 Å².